The summed E-state index contributed by atoms with van der Waals surface area (Å²) in [6, 6.07) is -0.568. The van der Waals surface area contributed by atoms with Crippen LogP contribution in [-0.2, 0) is 4.79 Å². The second-order valence-electron chi connectivity index (χ2n) is 8.72. The summed E-state index contributed by atoms with van der Waals surface area (Å²) in [5.74, 6) is 1.82. The quantitative estimate of drug-likeness (QED) is 0.538. The standard InChI is InChI=1S/C24H35N3O2/c1-5-17-9-10-27(13-17)19-7-8-21-22(18(15-28)14-26(4)24(25)29)11-16(3)20(6-2)23(21)12-19/h7,11-12,14-17,20-21H,5-6,8-10,13H2,1-4H3,(H2,25,29). The summed E-state index contributed by atoms with van der Waals surface area (Å²) in [6.07, 6.45) is 13.9. The van der Waals surface area contributed by atoms with Gasteiger partial charge in [0.2, 0.25) is 0 Å². The fraction of sp³-hybridized carbons (Fsp3) is 0.583. The van der Waals surface area contributed by atoms with Crippen LogP contribution < -0.4 is 5.73 Å². The molecule has 1 heterocycles. The summed E-state index contributed by atoms with van der Waals surface area (Å²) in [4.78, 5) is 27.2. The van der Waals surface area contributed by atoms with Crippen LogP contribution in [-0.4, -0.2) is 42.3 Å². The molecule has 3 rings (SSSR count). The maximum absolute atomic E-state index is 11.9. The van der Waals surface area contributed by atoms with E-state index in [1.165, 1.54) is 29.0 Å². The fourth-order valence-corrected chi connectivity index (χ4v) is 5.17. The van der Waals surface area contributed by atoms with Gasteiger partial charge in [-0.15, -0.1) is 0 Å². The molecular formula is C24H35N3O2. The Labute approximate surface area is 175 Å². The highest BCUT2D eigenvalue weighted by molar-refractivity contribution is 5.83. The van der Waals surface area contributed by atoms with E-state index >= 15 is 0 Å². The molecule has 1 fully saturated rings. The molecule has 1 saturated heterocycles. The lowest BCUT2D eigenvalue weighted by Crippen LogP contribution is -2.31. The number of urea groups is 1. The van der Waals surface area contributed by atoms with Crippen molar-refractivity contribution in [2.75, 3.05) is 20.1 Å². The molecule has 29 heavy (non-hydrogen) atoms. The highest BCUT2D eigenvalue weighted by Gasteiger charge is 2.36. The van der Waals surface area contributed by atoms with E-state index in [4.69, 9.17) is 5.73 Å². The normalized spacial score (nSPS) is 29.6. The van der Waals surface area contributed by atoms with Gasteiger partial charge in [0.15, 0.2) is 6.29 Å². The first-order chi connectivity index (χ1) is 13.9. The van der Waals surface area contributed by atoms with E-state index in [-0.39, 0.29) is 5.92 Å². The van der Waals surface area contributed by atoms with Crippen LogP contribution in [0.4, 0.5) is 4.79 Å². The van der Waals surface area contributed by atoms with Gasteiger partial charge < -0.3 is 15.5 Å². The summed E-state index contributed by atoms with van der Waals surface area (Å²) in [5.41, 5.74) is 9.73. The van der Waals surface area contributed by atoms with Crippen molar-refractivity contribution >= 4 is 12.3 Å². The third kappa shape index (κ3) is 4.34. The van der Waals surface area contributed by atoms with Crippen LogP contribution >= 0.6 is 0 Å². The lowest BCUT2D eigenvalue weighted by Gasteiger charge is -2.40. The molecule has 158 valence electrons. The van der Waals surface area contributed by atoms with Crippen LogP contribution in [0.25, 0.3) is 0 Å². The molecule has 1 aliphatic heterocycles. The number of amides is 2. The van der Waals surface area contributed by atoms with Gasteiger partial charge in [-0.25, -0.2) is 4.79 Å². The van der Waals surface area contributed by atoms with Crippen molar-refractivity contribution in [3.05, 3.63) is 46.8 Å². The number of carbonyl (C=O) groups is 2. The third-order valence-electron chi connectivity index (χ3n) is 6.97. The molecule has 5 nitrogen and oxygen atoms in total. The Kier molecular flexibility index (Phi) is 6.66. The molecule has 3 aliphatic rings. The molecule has 0 aromatic heterocycles. The Hall–Kier alpha value is -2.30. The number of primary amides is 1. The zero-order valence-electron chi connectivity index (χ0n) is 18.2. The predicted molar refractivity (Wildman–Crippen MR) is 117 cm³/mol. The molecule has 5 heteroatoms. The number of allylic oxidation sites excluding steroid dienone is 6. The van der Waals surface area contributed by atoms with Crippen LogP contribution in [0.2, 0.25) is 0 Å². The SMILES string of the molecule is CCC1CCN(C2=CCC3C(C(C=O)=CN(C)C(N)=O)=CC(C)C(CC)C3=C2)C1. The summed E-state index contributed by atoms with van der Waals surface area (Å²) in [6.45, 7) is 9.04. The highest BCUT2D eigenvalue weighted by atomic mass is 16.2. The molecule has 0 bridgehead atoms. The number of carbonyl (C=O) groups excluding carboxylic acids is 2. The third-order valence-corrected chi connectivity index (χ3v) is 6.97. The highest BCUT2D eigenvalue weighted by Crippen LogP contribution is 2.46. The average molecular weight is 398 g/mol. The maximum Gasteiger partial charge on any atom is 0.318 e. The number of hydrogen-bond donors (Lipinski definition) is 1. The lowest BCUT2D eigenvalue weighted by molar-refractivity contribution is -0.104. The predicted octanol–water partition coefficient (Wildman–Crippen LogP) is 4.24. The summed E-state index contributed by atoms with van der Waals surface area (Å²) in [7, 11) is 1.58. The molecule has 4 unspecified atom stereocenters. The molecule has 2 aliphatic carbocycles. The van der Waals surface area contributed by atoms with Crippen molar-refractivity contribution in [1.82, 2.24) is 9.80 Å². The van der Waals surface area contributed by atoms with Gasteiger partial charge in [0.25, 0.3) is 0 Å². The van der Waals surface area contributed by atoms with E-state index in [1.807, 2.05) is 0 Å². The Bertz CT molecular complexity index is 777. The van der Waals surface area contributed by atoms with Crippen molar-refractivity contribution in [1.29, 1.82) is 0 Å². The average Bonchev–Trinajstić information content (AvgIpc) is 3.20. The van der Waals surface area contributed by atoms with Crippen molar-refractivity contribution in [2.24, 2.45) is 29.4 Å². The van der Waals surface area contributed by atoms with E-state index in [0.29, 0.717) is 17.4 Å². The summed E-state index contributed by atoms with van der Waals surface area (Å²) < 4.78 is 0. The second-order valence-corrected chi connectivity index (χ2v) is 8.72. The molecule has 0 spiro atoms. The number of rotatable bonds is 6. The van der Waals surface area contributed by atoms with Gasteiger partial charge in [0.05, 0.1) is 0 Å². The van der Waals surface area contributed by atoms with E-state index in [1.54, 1.807) is 13.2 Å². The second kappa shape index (κ2) is 9.02. The van der Waals surface area contributed by atoms with Crippen LogP contribution in [0, 0.1) is 23.7 Å². The molecule has 0 aromatic carbocycles. The van der Waals surface area contributed by atoms with Gasteiger partial charge in [-0.2, -0.15) is 0 Å². The van der Waals surface area contributed by atoms with E-state index in [2.05, 4.69) is 43.9 Å². The molecule has 0 radical (unpaired) electrons. The first-order valence-electron chi connectivity index (χ1n) is 11.0. The molecule has 2 N–H and O–H groups in total. The number of likely N-dealkylation sites (tertiary alicyclic amines) is 1. The Morgan fingerprint density at radius 3 is 2.69 bits per heavy atom. The Morgan fingerprint density at radius 2 is 2.10 bits per heavy atom. The number of fused-ring (bicyclic) bond motifs is 1. The van der Waals surface area contributed by atoms with Crippen molar-refractivity contribution in [2.45, 2.75) is 46.5 Å². The minimum absolute atomic E-state index is 0.196. The largest absolute Gasteiger partial charge is 0.372 e. The monoisotopic (exact) mass is 397 g/mol. The van der Waals surface area contributed by atoms with E-state index in [9.17, 15) is 9.59 Å². The van der Waals surface area contributed by atoms with Crippen LogP contribution in [0.5, 0.6) is 0 Å². The number of aldehydes is 1. The van der Waals surface area contributed by atoms with Crippen LogP contribution in [0.1, 0.15) is 46.5 Å². The van der Waals surface area contributed by atoms with Crippen LogP contribution in [0.3, 0.4) is 0 Å². The topological polar surface area (TPSA) is 66.6 Å². The first kappa shape index (κ1) is 21.4. The van der Waals surface area contributed by atoms with Gasteiger partial charge in [0.1, 0.15) is 0 Å². The van der Waals surface area contributed by atoms with Gasteiger partial charge >= 0.3 is 6.03 Å². The number of nitrogens with two attached hydrogens (primary N) is 1. The minimum Gasteiger partial charge on any atom is -0.372 e. The minimum atomic E-state index is -0.568. The van der Waals surface area contributed by atoms with Crippen molar-refractivity contribution in [3.8, 4) is 0 Å². The number of nitrogens with zero attached hydrogens (tertiary/aromatic N) is 2. The van der Waals surface area contributed by atoms with Crippen molar-refractivity contribution < 1.29 is 9.59 Å². The number of hydrogen-bond acceptors (Lipinski definition) is 3. The molecule has 4 atom stereocenters. The molecule has 0 saturated carbocycles. The fourth-order valence-electron chi connectivity index (χ4n) is 5.17. The lowest BCUT2D eigenvalue weighted by atomic mass is 9.66. The zero-order chi connectivity index (χ0) is 21.1. The Morgan fingerprint density at radius 1 is 1.34 bits per heavy atom. The molecule has 0 aromatic rings. The van der Waals surface area contributed by atoms with E-state index in [0.717, 1.165) is 43.7 Å². The first-order valence-corrected chi connectivity index (χ1v) is 11.0. The Balaban J connectivity index is 1.93. The molecular weight excluding hydrogens is 362 g/mol. The van der Waals surface area contributed by atoms with Gasteiger partial charge in [-0.1, -0.05) is 44.9 Å². The van der Waals surface area contributed by atoms with Gasteiger partial charge in [0, 0.05) is 43.5 Å². The van der Waals surface area contributed by atoms with Crippen molar-refractivity contribution in [3.63, 3.8) is 0 Å². The summed E-state index contributed by atoms with van der Waals surface area (Å²) >= 11 is 0. The smallest absolute Gasteiger partial charge is 0.318 e. The zero-order valence-corrected chi connectivity index (χ0v) is 18.2. The van der Waals surface area contributed by atoms with E-state index < -0.39 is 6.03 Å². The maximum atomic E-state index is 11.9. The molecule has 2 amide bonds. The van der Waals surface area contributed by atoms with Crippen LogP contribution in [0.15, 0.2) is 46.8 Å². The van der Waals surface area contributed by atoms with Gasteiger partial charge in [-0.3, -0.25) is 4.79 Å². The van der Waals surface area contributed by atoms with Gasteiger partial charge in [-0.05, 0) is 48.7 Å². The summed E-state index contributed by atoms with van der Waals surface area (Å²) in [5, 5.41) is 0.